The number of para-hydroxylation sites is 1. The van der Waals surface area contributed by atoms with Gasteiger partial charge in [0.05, 0.1) is 0 Å². The smallest absolute Gasteiger partial charge is 0.251 e. The first-order valence-electron chi connectivity index (χ1n) is 14.6. The van der Waals surface area contributed by atoms with Crippen molar-refractivity contribution in [3.8, 4) is 0 Å². The van der Waals surface area contributed by atoms with Crippen LogP contribution in [0.5, 0.6) is 0 Å². The fourth-order valence-corrected chi connectivity index (χ4v) is 5.81. The molecule has 2 aromatic rings. The number of likely N-dealkylation sites (tertiary alicyclic amines) is 1. The van der Waals surface area contributed by atoms with Crippen molar-refractivity contribution in [3.63, 3.8) is 0 Å². The molecule has 1 unspecified atom stereocenters. The van der Waals surface area contributed by atoms with E-state index in [1.807, 2.05) is 36.9 Å². The Bertz CT molecular complexity index is 1160. The van der Waals surface area contributed by atoms with Gasteiger partial charge in [-0.05, 0) is 80.2 Å². The second-order valence-corrected chi connectivity index (χ2v) is 11.4. The van der Waals surface area contributed by atoms with Crippen molar-refractivity contribution in [2.75, 3.05) is 42.9 Å². The predicted molar refractivity (Wildman–Crippen MR) is 157 cm³/mol. The van der Waals surface area contributed by atoms with E-state index in [-0.39, 0.29) is 23.6 Å². The number of anilines is 2. The lowest BCUT2D eigenvalue weighted by molar-refractivity contribution is -0.127. The number of hydrogen-bond donors (Lipinski definition) is 2. The third-order valence-electron chi connectivity index (χ3n) is 7.87. The Balaban J connectivity index is 1.44. The number of nitrogens with zero attached hydrogens (tertiary/aromatic N) is 2. The average Bonchev–Trinajstić information content (AvgIpc) is 3.15. The molecule has 1 atom stereocenters. The molecule has 0 aromatic heterocycles. The Morgan fingerprint density at radius 1 is 1.03 bits per heavy atom. The second-order valence-electron chi connectivity index (χ2n) is 11.4. The van der Waals surface area contributed by atoms with Crippen molar-refractivity contribution >= 4 is 29.1 Å². The summed E-state index contributed by atoms with van der Waals surface area (Å²) in [6, 6.07) is 14.3. The van der Waals surface area contributed by atoms with Gasteiger partial charge in [0.2, 0.25) is 11.8 Å². The summed E-state index contributed by atoms with van der Waals surface area (Å²) >= 11 is 0. The van der Waals surface area contributed by atoms with E-state index in [2.05, 4.69) is 46.7 Å². The summed E-state index contributed by atoms with van der Waals surface area (Å²) in [6.07, 6.45) is 5.82. The van der Waals surface area contributed by atoms with Gasteiger partial charge in [-0.2, -0.15) is 0 Å². The predicted octanol–water partition coefficient (Wildman–Crippen LogP) is 5.50. The van der Waals surface area contributed by atoms with Crippen LogP contribution >= 0.6 is 0 Å². The molecule has 2 aliphatic rings. The third-order valence-corrected chi connectivity index (χ3v) is 7.87. The summed E-state index contributed by atoms with van der Waals surface area (Å²) in [6.45, 7) is 10.2. The molecule has 2 heterocycles. The maximum absolute atomic E-state index is 13.0. The van der Waals surface area contributed by atoms with Gasteiger partial charge < -0.3 is 20.4 Å². The van der Waals surface area contributed by atoms with Gasteiger partial charge in [0.1, 0.15) is 0 Å². The summed E-state index contributed by atoms with van der Waals surface area (Å²) in [4.78, 5) is 41.9. The Labute approximate surface area is 233 Å². The zero-order valence-electron chi connectivity index (χ0n) is 23.8. The fourth-order valence-electron chi connectivity index (χ4n) is 5.81. The SMILES string of the molecule is Cc1ccccc1N1CCCC(c2ccc(C(=O)NCCCN3CCCC3=O)cc2NC(=O)CC(C)C)CC1. The van der Waals surface area contributed by atoms with Gasteiger partial charge in [-0.25, -0.2) is 0 Å². The van der Waals surface area contributed by atoms with Gasteiger partial charge in [0.25, 0.3) is 5.91 Å². The molecule has 2 aromatic carbocycles. The van der Waals surface area contributed by atoms with Crippen LogP contribution in [-0.2, 0) is 9.59 Å². The van der Waals surface area contributed by atoms with Crippen LogP contribution in [0, 0.1) is 12.8 Å². The summed E-state index contributed by atoms with van der Waals surface area (Å²) in [5, 5.41) is 6.13. The number of carbonyl (C=O) groups is 3. The van der Waals surface area contributed by atoms with Crippen molar-refractivity contribution in [3.05, 3.63) is 59.2 Å². The minimum Gasteiger partial charge on any atom is -0.371 e. The highest BCUT2D eigenvalue weighted by Crippen LogP contribution is 2.35. The zero-order chi connectivity index (χ0) is 27.8. The van der Waals surface area contributed by atoms with Crippen LogP contribution < -0.4 is 15.5 Å². The van der Waals surface area contributed by atoms with Crippen LogP contribution in [0.1, 0.15) is 86.2 Å². The van der Waals surface area contributed by atoms with Gasteiger partial charge in [0.15, 0.2) is 0 Å². The molecule has 0 bridgehead atoms. The Morgan fingerprint density at radius 3 is 2.59 bits per heavy atom. The highest BCUT2D eigenvalue weighted by Gasteiger charge is 2.24. The molecule has 0 aliphatic carbocycles. The highest BCUT2D eigenvalue weighted by molar-refractivity contribution is 5.98. The normalized spacial score (nSPS) is 17.8. The second kappa shape index (κ2) is 13.6. The first kappa shape index (κ1) is 28.7. The molecular weight excluding hydrogens is 488 g/mol. The topological polar surface area (TPSA) is 81.8 Å². The average molecular weight is 533 g/mol. The number of nitrogens with one attached hydrogen (secondary N) is 2. The molecule has 7 nitrogen and oxygen atoms in total. The van der Waals surface area contributed by atoms with E-state index in [9.17, 15) is 14.4 Å². The lowest BCUT2D eigenvalue weighted by Gasteiger charge is -2.25. The van der Waals surface area contributed by atoms with Crippen molar-refractivity contribution in [2.45, 2.75) is 71.6 Å². The van der Waals surface area contributed by atoms with E-state index >= 15 is 0 Å². The van der Waals surface area contributed by atoms with E-state index in [0.717, 1.165) is 63.0 Å². The fraction of sp³-hybridized carbons (Fsp3) is 0.531. The van der Waals surface area contributed by atoms with Crippen LogP contribution in [0.15, 0.2) is 42.5 Å². The molecule has 0 spiro atoms. The molecule has 2 aliphatic heterocycles. The molecule has 4 rings (SSSR count). The molecule has 2 saturated heterocycles. The van der Waals surface area contributed by atoms with Gasteiger partial charge in [-0.1, -0.05) is 38.1 Å². The molecule has 39 heavy (non-hydrogen) atoms. The van der Waals surface area contributed by atoms with Crippen LogP contribution in [0.3, 0.4) is 0 Å². The standard InChI is InChI=1S/C32H44N4O3/c1-23(2)21-30(37)34-28-22-26(32(39)33-16-8-19-36-18-7-12-31(36)38)13-14-27(28)25-10-6-17-35(20-15-25)29-11-5-4-9-24(29)3/h4-5,9,11,13-14,22-23,25H,6-8,10,12,15-21H2,1-3H3,(H,33,39)(H,34,37). The number of aryl methyl sites for hydroxylation is 1. The summed E-state index contributed by atoms with van der Waals surface area (Å²) in [7, 11) is 0. The monoisotopic (exact) mass is 532 g/mol. The van der Waals surface area contributed by atoms with Gasteiger partial charge >= 0.3 is 0 Å². The van der Waals surface area contributed by atoms with Crippen molar-refractivity contribution in [1.82, 2.24) is 10.2 Å². The molecule has 3 amide bonds. The number of rotatable bonds is 10. The minimum atomic E-state index is -0.153. The molecule has 0 saturated carbocycles. The molecule has 2 N–H and O–H groups in total. The highest BCUT2D eigenvalue weighted by atomic mass is 16.2. The number of amides is 3. The Morgan fingerprint density at radius 2 is 1.85 bits per heavy atom. The number of carbonyl (C=O) groups excluding carboxylic acids is 3. The summed E-state index contributed by atoms with van der Waals surface area (Å²) < 4.78 is 0. The van der Waals surface area contributed by atoms with Crippen molar-refractivity contribution in [1.29, 1.82) is 0 Å². The summed E-state index contributed by atoms with van der Waals surface area (Å²) in [5.41, 5.74) is 5.00. The summed E-state index contributed by atoms with van der Waals surface area (Å²) in [5.74, 6) is 0.597. The molecule has 0 radical (unpaired) electrons. The molecule has 2 fully saturated rings. The molecular formula is C32H44N4O3. The lowest BCUT2D eigenvalue weighted by atomic mass is 9.89. The van der Waals surface area contributed by atoms with Crippen LogP contribution in [0.4, 0.5) is 11.4 Å². The van der Waals surface area contributed by atoms with Crippen LogP contribution in [-0.4, -0.2) is 55.3 Å². The maximum atomic E-state index is 13.0. The van der Waals surface area contributed by atoms with Gasteiger partial charge in [-0.15, -0.1) is 0 Å². The zero-order valence-corrected chi connectivity index (χ0v) is 23.8. The number of hydrogen-bond acceptors (Lipinski definition) is 4. The van der Waals surface area contributed by atoms with Gasteiger partial charge in [0, 0.05) is 62.5 Å². The minimum absolute atomic E-state index is 0.0192. The molecule has 7 heteroatoms. The third kappa shape index (κ3) is 7.84. The first-order chi connectivity index (χ1) is 18.8. The quantitative estimate of drug-likeness (QED) is 0.396. The van der Waals surface area contributed by atoms with E-state index in [1.165, 1.54) is 11.3 Å². The van der Waals surface area contributed by atoms with E-state index in [0.29, 0.717) is 37.4 Å². The Kier molecular flexibility index (Phi) is 10.0. The van der Waals surface area contributed by atoms with Crippen LogP contribution in [0.2, 0.25) is 0 Å². The van der Waals surface area contributed by atoms with Crippen molar-refractivity contribution in [2.24, 2.45) is 5.92 Å². The lowest BCUT2D eigenvalue weighted by Crippen LogP contribution is -2.30. The van der Waals surface area contributed by atoms with E-state index in [1.54, 1.807) is 0 Å². The van der Waals surface area contributed by atoms with E-state index < -0.39 is 0 Å². The molecule has 210 valence electrons. The van der Waals surface area contributed by atoms with Crippen LogP contribution in [0.25, 0.3) is 0 Å². The largest absolute Gasteiger partial charge is 0.371 e. The van der Waals surface area contributed by atoms with E-state index in [4.69, 9.17) is 0 Å². The van der Waals surface area contributed by atoms with Gasteiger partial charge in [-0.3, -0.25) is 14.4 Å². The first-order valence-corrected chi connectivity index (χ1v) is 14.6. The Hall–Kier alpha value is -3.35. The maximum Gasteiger partial charge on any atom is 0.251 e. The number of benzene rings is 2. The van der Waals surface area contributed by atoms with Crippen molar-refractivity contribution < 1.29 is 14.4 Å².